The number of anilines is 1. The molecule has 0 aliphatic heterocycles. The number of hydrogen-bond acceptors (Lipinski definition) is 3. The normalized spacial score (nSPS) is 13.1. The number of carbonyl (C=O) groups is 2. The number of amides is 2. The van der Waals surface area contributed by atoms with Gasteiger partial charge in [-0.05, 0) is 55.8 Å². The van der Waals surface area contributed by atoms with Gasteiger partial charge < -0.3 is 11.1 Å². The maximum absolute atomic E-state index is 12.3. The standard InChI is InChI=1S/C18H19Cl2N3O2/c1-10(15-8-5-13(19)9-16(15)20)22-11(2)18(25)23-14-6-3-12(4-7-14)17(21)24/h3-11,22H,1-2H3,(H2,21,24)(H,23,25)/t10-,11-/m0/s1. The maximum atomic E-state index is 12.3. The van der Waals surface area contributed by atoms with Gasteiger partial charge in [-0.15, -0.1) is 0 Å². The fraction of sp³-hybridized carbons (Fsp3) is 0.222. The molecular weight excluding hydrogens is 361 g/mol. The minimum Gasteiger partial charge on any atom is -0.366 e. The van der Waals surface area contributed by atoms with Gasteiger partial charge >= 0.3 is 0 Å². The molecule has 2 rings (SSSR count). The van der Waals surface area contributed by atoms with E-state index in [1.807, 2.05) is 13.0 Å². The van der Waals surface area contributed by atoms with Gasteiger partial charge in [-0.2, -0.15) is 0 Å². The highest BCUT2D eigenvalue weighted by Gasteiger charge is 2.18. The third-order valence-electron chi connectivity index (χ3n) is 3.76. The molecule has 0 saturated heterocycles. The van der Waals surface area contributed by atoms with Gasteiger partial charge in [0.25, 0.3) is 0 Å². The average molecular weight is 380 g/mol. The van der Waals surface area contributed by atoms with E-state index < -0.39 is 11.9 Å². The molecule has 2 amide bonds. The fourth-order valence-corrected chi connectivity index (χ4v) is 2.93. The van der Waals surface area contributed by atoms with Crippen molar-refractivity contribution in [3.8, 4) is 0 Å². The summed E-state index contributed by atoms with van der Waals surface area (Å²) in [6.07, 6.45) is 0. The van der Waals surface area contributed by atoms with Crippen molar-refractivity contribution in [1.82, 2.24) is 5.32 Å². The number of benzene rings is 2. The molecule has 0 aliphatic carbocycles. The second kappa shape index (κ2) is 8.34. The van der Waals surface area contributed by atoms with Gasteiger partial charge in [0, 0.05) is 27.3 Å². The van der Waals surface area contributed by atoms with E-state index in [1.54, 1.807) is 43.3 Å². The van der Waals surface area contributed by atoms with Crippen LogP contribution < -0.4 is 16.4 Å². The topological polar surface area (TPSA) is 84.2 Å². The van der Waals surface area contributed by atoms with Crippen LogP contribution in [-0.4, -0.2) is 17.9 Å². The Kier molecular flexibility index (Phi) is 6.42. The van der Waals surface area contributed by atoms with E-state index in [9.17, 15) is 9.59 Å². The molecule has 0 saturated carbocycles. The number of nitrogens with two attached hydrogens (primary N) is 1. The van der Waals surface area contributed by atoms with Crippen LogP contribution >= 0.6 is 23.2 Å². The highest BCUT2D eigenvalue weighted by Crippen LogP contribution is 2.26. The lowest BCUT2D eigenvalue weighted by atomic mass is 10.1. The van der Waals surface area contributed by atoms with Crippen molar-refractivity contribution in [2.75, 3.05) is 5.32 Å². The molecule has 0 aliphatic rings. The zero-order valence-electron chi connectivity index (χ0n) is 13.8. The van der Waals surface area contributed by atoms with Crippen LogP contribution in [0.5, 0.6) is 0 Å². The van der Waals surface area contributed by atoms with E-state index >= 15 is 0 Å². The van der Waals surface area contributed by atoms with Crippen LogP contribution in [-0.2, 0) is 4.79 Å². The van der Waals surface area contributed by atoms with E-state index in [0.717, 1.165) is 5.56 Å². The molecule has 132 valence electrons. The quantitative estimate of drug-likeness (QED) is 0.713. The van der Waals surface area contributed by atoms with Gasteiger partial charge in [-0.1, -0.05) is 29.3 Å². The van der Waals surface area contributed by atoms with Crippen molar-refractivity contribution >= 4 is 40.7 Å². The van der Waals surface area contributed by atoms with Gasteiger partial charge in [0.05, 0.1) is 6.04 Å². The van der Waals surface area contributed by atoms with Crippen molar-refractivity contribution in [2.24, 2.45) is 5.73 Å². The van der Waals surface area contributed by atoms with Gasteiger partial charge in [0.15, 0.2) is 0 Å². The molecule has 0 heterocycles. The van der Waals surface area contributed by atoms with Crippen molar-refractivity contribution in [3.05, 3.63) is 63.6 Å². The van der Waals surface area contributed by atoms with E-state index in [1.165, 1.54) is 0 Å². The fourth-order valence-electron chi connectivity index (χ4n) is 2.36. The Bertz CT molecular complexity index is 778. The Morgan fingerprint density at radius 2 is 1.68 bits per heavy atom. The summed E-state index contributed by atoms with van der Waals surface area (Å²) < 4.78 is 0. The molecule has 2 atom stereocenters. The molecule has 0 aromatic heterocycles. The third kappa shape index (κ3) is 5.19. The average Bonchev–Trinajstić information content (AvgIpc) is 2.55. The first-order valence-electron chi connectivity index (χ1n) is 7.69. The number of halogens is 2. The van der Waals surface area contributed by atoms with Crippen LogP contribution in [0.3, 0.4) is 0 Å². The molecule has 7 heteroatoms. The summed E-state index contributed by atoms with van der Waals surface area (Å²) in [4.78, 5) is 23.4. The lowest BCUT2D eigenvalue weighted by molar-refractivity contribution is -0.117. The van der Waals surface area contributed by atoms with Crippen LogP contribution in [0, 0.1) is 0 Å². The Morgan fingerprint density at radius 1 is 1.04 bits per heavy atom. The second-order valence-electron chi connectivity index (χ2n) is 5.71. The molecule has 0 radical (unpaired) electrons. The highest BCUT2D eigenvalue weighted by molar-refractivity contribution is 6.35. The predicted octanol–water partition coefficient (Wildman–Crippen LogP) is 3.77. The lowest BCUT2D eigenvalue weighted by Crippen LogP contribution is -2.39. The highest BCUT2D eigenvalue weighted by atomic mass is 35.5. The number of rotatable bonds is 6. The summed E-state index contributed by atoms with van der Waals surface area (Å²) >= 11 is 12.1. The summed E-state index contributed by atoms with van der Waals surface area (Å²) in [6, 6.07) is 11.0. The van der Waals surface area contributed by atoms with Crippen LogP contribution in [0.15, 0.2) is 42.5 Å². The molecule has 0 fully saturated rings. The van der Waals surface area contributed by atoms with E-state index in [4.69, 9.17) is 28.9 Å². The molecular formula is C18H19Cl2N3O2. The summed E-state index contributed by atoms with van der Waals surface area (Å²) in [5.74, 6) is -0.717. The van der Waals surface area contributed by atoms with Crippen LogP contribution in [0.25, 0.3) is 0 Å². The zero-order chi connectivity index (χ0) is 18.6. The first kappa shape index (κ1) is 19.2. The second-order valence-corrected chi connectivity index (χ2v) is 6.55. The van der Waals surface area contributed by atoms with Gasteiger partial charge in [-0.25, -0.2) is 0 Å². The van der Waals surface area contributed by atoms with Gasteiger partial charge in [0.2, 0.25) is 11.8 Å². The van der Waals surface area contributed by atoms with Crippen molar-refractivity contribution in [2.45, 2.75) is 25.9 Å². The van der Waals surface area contributed by atoms with Crippen LogP contribution in [0.1, 0.15) is 35.8 Å². The summed E-state index contributed by atoms with van der Waals surface area (Å²) in [5, 5.41) is 7.08. The number of nitrogens with one attached hydrogen (secondary N) is 2. The predicted molar refractivity (Wildman–Crippen MR) is 101 cm³/mol. The summed E-state index contributed by atoms with van der Waals surface area (Å²) in [7, 11) is 0. The van der Waals surface area contributed by atoms with Crippen LogP contribution in [0.2, 0.25) is 10.0 Å². The molecule has 0 spiro atoms. The van der Waals surface area contributed by atoms with E-state index in [2.05, 4.69) is 10.6 Å². The molecule has 25 heavy (non-hydrogen) atoms. The number of hydrogen-bond donors (Lipinski definition) is 3. The molecule has 2 aromatic rings. The van der Waals surface area contributed by atoms with Gasteiger partial charge in [0.1, 0.15) is 0 Å². The van der Waals surface area contributed by atoms with E-state index in [0.29, 0.717) is 21.3 Å². The largest absolute Gasteiger partial charge is 0.366 e. The minimum absolute atomic E-state index is 0.136. The Labute approximate surface area is 156 Å². The summed E-state index contributed by atoms with van der Waals surface area (Å²) in [6.45, 7) is 3.67. The lowest BCUT2D eigenvalue weighted by Gasteiger charge is -2.21. The van der Waals surface area contributed by atoms with Crippen molar-refractivity contribution in [3.63, 3.8) is 0 Å². The first-order chi connectivity index (χ1) is 11.8. The maximum Gasteiger partial charge on any atom is 0.248 e. The molecule has 2 aromatic carbocycles. The molecule has 5 nitrogen and oxygen atoms in total. The smallest absolute Gasteiger partial charge is 0.248 e. The zero-order valence-corrected chi connectivity index (χ0v) is 15.4. The first-order valence-corrected chi connectivity index (χ1v) is 8.45. The minimum atomic E-state index is -0.512. The number of carbonyl (C=O) groups excluding carboxylic acids is 2. The molecule has 0 unspecified atom stereocenters. The third-order valence-corrected chi connectivity index (χ3v) is 4.32. The SMILES string of the molecule is C[C@H](N[C@@H](C)c1ccc(Cl)cc1Cl)C(=O)Nc1ccc(C(N)=O)cc1. The molecule has 4 N–H and O–H groups in total. The number of primary amides is 1. The van der Waals surface area contributed by atoms with Crippen LogP contribution in [0.4, 0.5) is 5.69 Å². The Hall–Kier alpha value is -2.08. The monoisotopic (exact) mass is 379 g/mol. The van der Waals surface area contributed by atoms with Crippen molar-refractivity contribution in [1.29, 1.82) is 0 Å². The molecule has 0 bridgehead atoms. The Morgan fingerprint density at radius 3 is 2.24 bits per heavy atom. The summed E-state index contributed by atoms with van der Waals surface area (Å²) in [5.41, 5.74) is 7.02. The Balaban J connectivity index is 1.98. The van der Waals surface area contributed by atoms with E-state index in [-0.39, 0.29) is 11.9 Å². The van der Waals surface area contributed by atoms with Crippen molar-refractivity contribution < 1.29 is 9.59 Å². The van der Waals surface area contributed by atoms with Gasteiger partial charge in [-0.3, -0.25) is 14.9 Å².